The van der Waals surface area contributed by atoms with Crippen molar-refractivity contribution < 1.29 is 18.7 Å². The highest BCUT2D eigenvalue weighted by Gasteiger charge is 2.28. The van der Waals surface area contributed by atoms with Crippen LogP contribution in [0.4, 0.5) is 0 Å². The van der Waals surface area contributed by atoms with Gasteiger partial charge in [0.05, 0.1) is 29.8 Å². The number of nitrogens with zero attached hydrogens (tertiary/aromatic N) is 2. The summed E-state index contributed by atoms with van der Waals surface area (Å²) in [6, 6.07) is 16.7. The standard InChI is InChI=1S/C25H23N3O4/c1-31-21-10-9-18(20-8-5-15-32-20)23-22(21)19(16-26-23)25(30)28-13-11-27(12-14-28)24(29)17-6-3-2-4-7-17/h2-10,15-16,26H,11-14H2,1H3. The Morgan fingerprint density at radius 2 is 1.62 bits per heavy atom. The van der Waals surface area contributed by atoms with Gasteiger partial charge in [-0.25, -0.2) is 0 Å². The molecule has 0 bridgehead atoms. The Bertz CT molecular complexity index is 1250. The van der Waals surface area contributed by atoms with Crippen LogP contribution in [0.15, 0.2) is 71.5 Å². The van der Waals surface area contributed by atoms with Crippen molar-refractivity contribution in [3.8, 4) is 17.1 Å². The fourth-order valence-electron chi connectivity index (χ4n) is 4.24. The highest BCUT2D eigenvalue weighted by Crippen LogP contribution is 2.36. The van der Waals surface area contributed by atoms with E-state index in [1.54, 1.807) is 29.4 Å². The number of rotatable bonds is 4. The van der Waals surface area contributed by atoms with Crippen LogP contribution in [-0.2, 0) is 0 Å². The van der Waals surface area contributed by atoms with Crippen molar-refractivity contribution in [2.45, 2.75) is 0 Å². The lowest BCUT2D eigenvalue weighted by molar-refractivity contribution is 0.0536. The summed E-state index contributed by atoms with van der Waals surface area (Å²) in [5.41, 5.74) is 2.87. The topological polar surface area (TPSA) is 78.8 Å². The summed E-state index contributed by atoms with van der Waals surface area (Å²) >= 11 is 0. The van der Waals surface area contributed by atoms with E-state index in [-0.39, 0.29) is 11.8 Å². The number of fused-ring (bicyclic) bond motifs is 1. The number of ether oxygens (including phenoxy) is 1. The van der Waals surface area contributed by atoms with E-state index in [2.05, 4.69) is 4.98 Å². The summed E-state index contributed by atoms with van der Waals surface area (Å²) in [4.78, 5) is 32.9. The second-order valence-corrected chi connectivity index (χ2v) is 7.70. The van der Waals surface area contributed by atoms with Gasteiger partial charge in [-0.2, -0.15) is 0 Å². The molecule has 32 heavy (non-hydrogen) atoms. The molecule has 2 aromatic heterocycles. The number of benzene rings is 2. The highest BCUT2D eigenvalue weighted by atomic mass is 16.5. The van der Waals surface area contributed by atoms with Gasteiger partial charge in [-0.15, -0.1) is 0 Å². The Kier molecular flexibility index (Phi) is 5.15. The lowest BCUT2D eigenvalue weighted by atomic mass is 10.0. The van der Waals surface area contributed by atoms with E-state index in [0.717, 1.165) is 16.5 Å². The van der Waals surface area contributed by atoms with E-state index in [1.807, 2.05) is 54.6 Å². The molecule has 1 aliphatic heterocycles. The van der Waals surface area contributed by atoms with Crippen molar-refractivity contribution in [3.63, 3.8) is 0 Å². The van der Waals surface area contributed by atoms with Gasteiger partial charge < -0.3 is 23.9 Å². The van der Waals surface area contributed by atoms with E-state index in [0.29, 0.717) is 48.8 Å². The maximum Gasteiger partial charge on any atom is 0.256 e. The third-order valence-corrected chi connectivity index (χ3v) is 5.91. The molecule has 0 atom stereocenters. The second-order valence-electron chi connectivity index (χ2n) is 7.70. The number of aromatic amines is 1. The summed E-state index contributed by atoms with van der Waals surface area (Å²) in [7, 11) is 1.59. The van der Waals surface area contributed by atoms with Crippen molar-refractivity contribution >= 4 is 22.7 Å². The molecular formula is C25H23N3O4. The number of carbonyl (C=O) groups excluding carboxylic acids is 2. The van der Waals surface area contributed by atoms with Gasteiger partial charge >= 0.3 is 0 Å². The predicted molar refractivity (Wildman–Crippen MR) is 121 cm³/mol. The van der Waals surface area contributed by atoms with Gasteiger partial charge in [0.15, 0.2) is 0 Å². The Balaban J connectivity index is 1.39. The molecule has 0 unspecified atom stereocenters. The molecular weight excluding hydrogens is 406 g/mol. The molecule has 2 amide bonds. The van der Waals surface area contributed by atoms with Crippen LogP contribution in [-0.4, -0.2) is 59.9 Å². The monoisotopic (exact) mass is 429 g/mol. The Labute approximate surface area is 185 Å². The van der Waals surface area contributed by atoms with Crippen molar-refractivity contribution in [3.05, 3.63) is 78.2 Å². The zero-order chi connectivity index (χ0) is 22.1. The number of nitrogens with one attached hydrogen (secondary N) is 1. The molecule has 1 saturated heterocycles. The average molecular weight is 429 g/mol. The van der Waals surface area contributed by atoms with Crippen LogP contribution in [0.5, 0.6) is 5.75 Å². The summed E-state index contributed by atoms with van der Waals surface area (Å²) in [5.74, 6) is 1.25. The van der Waals surface area contributed by atoms with Crippen LogP contribution in [0.2, 0.25) is 0 Å². The average Bonchev–Trinajstić information content (AvgIpc) is 3.54. The van der Waals surface area contributed by atoms with Crippen LogP contribution in [0.3, 0.4) is 0 Å². The van der Waals surface area contributed by atoms with Crippen LogP contribution in [0.25, 0.3) is 22.2 Å². The number of amides is 2. The molecule has 1 aliphatic rings. The zero-order valence-electron chi connectivity index (χ0n) is 17.7. The number of H-pyrrole nitrogens is 1. The van der Waals surface area contributed by atoms with Crippen molar-refractivity contribution in [2.24, 2.45) is 0 Å². The molecule has 3 heterocycles. The van der Waals surface area contributed by atoms with Gasteiger partial charge in [-0.05, 0) is 36.4 Å². The molecule has 0 saturated carbocycles. The van der Waals surface area contributed by atoms with Crippen LogP contribution >= 0.6 is 0 Å². The number of hydrogen-bond acceptors (Lipinski definition) is 4. The highest BCUT2D eigenvalue weighted by molar-refractivity contribution is 6.12. The van der Waals surface area contributed by atoms with E-state index < -0.39 is 0 Å². The first kappa shape index (κ1) is 19.9. The van der Waals surface area contributed by atoms with E-state index in [9.17, 15) is 9.59 Å². The number of methoxy groups -OCH3 is 1. The Morgan fingerprint density at radius 1 is 0.906 bits per heavy atom. The van der Waals surface area contributed by atoms with Crippen LogP contribution in [0.1, 0.15) is 20.7 Å². The first-order valence-corrected chi connectivity index (χ1v) is 10.5. The second kappa shape index (κ2) is 8.26. The molecule has 4 aromatic rings. The smallest absolute Gasteiger partial charge is 0.256 e. The number of hydrogen-bond donors (Lipinski definition) is 1. The maximum absolute atomic E-state index is 13.4. The van der Waals surface area contributed by atoms with Crippen molar-refractivity contribution in [1.82, 2.24) is 14.8 Å². The predicted octanol–water partition coefficient (Wildman–Crippen LogP) is 4.03. The number of furan rings is 1. The molecule has 1 fully saturated rings. The van der Waals surface area contributed by atoms with Crippen LogP contribution < -0.4 is 4.74 Å². The van der Waals surface area contributed by atoms with Gasteiger partial charge in [-0.3, -0.25) is 9.59 Å². The molecule has 2 aromatic carbocycles. The molecule has 7 heteroatoms. The molecule has 162 valence electrons. The van der Waals surface area contributed by atoms with Gasteiger partial charge in [0.1, 0.15) is 11.5 Å². The molecule has 0 radical (unpaired) electrons. The van der Waals surface area contributed by atoms with Crippen LogP contribution in [0, 0.1) is 0 Å². The molecule has 5 rings (SSSR count). The van der Waals surface area contributed by atoms with Crippen molar-refractivity contribution in [2.75, 3.05) is 33.3 Å². The minimum absolute atomic E-state index is 0.00504. The maximum atomic E-state index is 13.4. The molecule has 0 aliphatic carbocycles. The summed E-state index contributed by atoms with van der Waals surface area (Å²) in [5, 5.41) is 0.731. The summed E-state index contributed by atoms with van der Waals surface area (Å²) < 4.78 is 11.1. The summed E-state index contributed by atoms with van der Waals surface area (Å²) in [6.07, 6.45) is 3.35. The quantitative estimate of drug-likeness (QED) is 0.531. The molecule has 1 N–H and O–H groups in total. The third kappa shape index (κ3) is 3.41. The minimum atomic E-state index is -0.0852. The minimum Gasteiger partial charge on any atom is -0.496 e. The fourth-order valence-corrected chi connectivity index (χ4v) is 4.24. The van der Waals surface area contributed by atoms with Gasteiger partial charge in [-0.1, -0.05) is 18.2 Å². The SMILES string of the molecule is COc1ccc(-c2ccco2)c2[nH]cc(C(=O)N3CCN(C(=O)c4ccccc4)CC3)c12. The summed E-state index contributed by atoms with van der Waals surface area (Å²) in [6.45, 7) is 1.95. The van der Waals surface area contributed by atoms with Gasteiger partial charge in [0.2, 0.25) is 0 Å². The lowest BCUT2D eigenvalue weighted by Gasteiger charge is -2.34. The number of aromatic nitrogens is 1. The Hall–Kier alpha value is -4.00. The first-order valence-electron chi connectivity index (χ1n) is 10.5. The molecule has 7 nitrogen and oxygen atoms in total. The van der Waals surface area contributed by atoms with E-state index in [1.165, 1.54) is 0 Å². The number of carbonyl (C=O) groups is 2. The zero-order valence-corrected chi connectivity index (χ0v) is 17.7. The molecule has 0 spiro atoms. The number of piperazine rings is 1. The van der Waals surface area contributed by atoms with Crippen molar-refractivity contribution in [1.29, 1.82) is 0 Å². The normalized spacial score (nSPS) is 14.0. The third-order valence-electron chi connectivity index (χ3n) is 5.91. The fraction of sp³-hybridized carbons (Fsp3) is 0.200. The van der Waals surface area contributed by atoms with E-state index in [4.69, 9.17) is 9.15 Å². The first-order chi connectivity index (χ1) is 15.7. The van der Waals surface area contributed by atoms with Gasteiger partial charge in [0, 0.05) is 43.5 Å². The Morgan fingerprint density at radius 3 is 2.28 bits per heavy atom. The van der Waals surface area contributed by atoms with Gasteiger partial charge in [0.25, 0.3) is 11.8 Å². The largest absolute Gasteiger partial charge is 0.496 e. The van der Waals surface area contributed by atoms with E-state index >= 15 is 0 Å². The lowest BCUT2D eigenvalue weighted by Crippen LogP contribution is -2.50.